The molecular formula is C20H33NO. The van der Waals surface area contributed by atoms with Crippen molar-refractivity contribution in [3.8, 4) is 0 Å². The minimum Gasteiger partial charge on any atom is -0.393 e. The van der Waals surface area contributed by atoms with E-state index >= 15 is 0 Å². The summed E-state index contributed by atoms with van der Waals surface area (Å²) in [7, 11) is 2.16. The van der Waals surface area contributed by atoms with Crippen LogP contribution in [0.15, 0.2) is 11.6 Å². The first kappa shape index (κ1) is 15.2. The van der Waals surface area contributed by atoms with Crippen LogP contribution in [0.25, 0.3) is 0 Å². The molecule has 0 spiro atoms. The zero-order valence-electron chi connectivity index (χ0n) is 14.6. The molecule has 3 fully saturated rings. The van der Waals surface area contributed by atoms with Crippen LogP contribution in [-0.2, 0) is 0 Å². The van der Waals surface area contributed by atoms with Crippen LogP contribution >= 0.6 is 0 Å². The van der Waals surface area contributed by atoms with Gasteiger partial charge >= 0.3 is 0 Å². The minimum atomic E-state index is -0.0788. The van der Waals surface area contributed by atoms with E-state index < -0.39 is 0 Å². The highest BCUT2D eigenvalue weighted by Crippen LogP contribution is 2.64. The summed E-state index contributed by atoms with van der Waals surface area (Å²) in [6.07, 6.45) is 12.5. The van der Waals surface area contributed by atoms with Crippen molar-refractivity contribution in [2.45, 2.75) is 77.4 Å². The predicted octanol–water partition coefficient (Wildman–Crippen LogP) is 3.90. The van der Waals surface area contributed by atoms with Crippen LogP contribution in [0.5, 0.6) is 0 Å². The maximum absolute atomic E-state index is 10.1. The molecule has 3 saturated carbocycles. The maximum atomic E-state index is 10.1. The van der Waals surface area contributed by atoms with E-state index in [1.54, 1.807) is 5.57 Å². The SMILES string of the molecule is CN[C@H]1CC[C@H]2[C@@H]3CC=C4C[C@@H](O)CC[C@]4(C)[C@H]3CC[C@]12C. The summed E-state index contributed by atoms with van der Waals surface area (Å²) >= 11 is 0. The molecule has 2 N–H and O–H groups in total. The fraction of sp³-hybridized carbons (Fsp3) is 0.900. The lowest BCUT2D eigenvalue weighted by Crippen LogP contribution is -2.52. The van der Waals surface area contributed by atoms with Crippen LogP contribution in [0.3, 0.4) is 0 Å². The van der Waals surface area contributed by atoms with Crippen LogP contribution < -0.4 is 5.32 Å². The summed E-state index contributed by atoms with van der Waals surface area (Å²) in [5.41, 5.74) is 2.51. The van der Waals surface area contributed by atoms with E-state index in [2.05, 4.69) is 32.3 Å². The highest BCUT2D eigenvalue weighted by molar-refractivity contribution is 5.25. The topological polar surface area (TPSA) is 32.3 Å². The highest BCUT2D eigenvalue weighted by atomic mass is 16.3. The number of rotatable bonds is 1. The van der Waals surface area contributed by atoms with E-state index in [1.165, 1.54) is 38.5 Å². The van der Waals surface area contributed by atoms with Gasteiger partial charge in [0.2, 0.25) is 0 Å². The molecule has 4 aliphatic carbocycles. The summed E-state index contributed by atoms with van der Waals surface area (Å²) in [4.78, 5) is 0. The third-order valence-corrected chi connectivity index (χ3v) is 8.43. The number of nitrogens with one attached hydrogen (secondary N) is 1. The van der Waals surface area contributed by atoms with Crippen molar-refractivity contribution in [2.24, 2.45) is 28.6 Å². The smallest absolute Gasteiger partial charge is 0.0577 e. The minimum absolute atomic E-state index is 0.0788. The first-order chi connectivity index (χ1) is 10.5. The number of fused-ring (bicyclic) bond motifs is 5. The van der Waals surface area contributed by atoms with E-state index in [-0.39, 0.29) is 6.10 Å². The largest absolute Gasteiger partial charge is 0.393 e. The molecule has 0 saturated heterocycles. The lowest BCUT2D eigenvalue weighted by molar-refractivity contribution is -0.0427. The van der Waals surface area contributed by atoms with Crippen LogP contribution in [0.1, 0.15) is 65.2 Å². The van der Waals surface area contributed by atoms with Gasteiger partial charge in [-0.1, -0.05) is 25.5 Å². The molecule has 0 radical (unpaired) electrons. The van der Waals surface area contributed by atoms with Gasteiger partial charge in [0.05, 0.1) is 6.10 Å². The maximum Gasteiger partial charge on any atom is 0.0577 e. The average Bonchev–Trinajstić information content (AvgIpc) is 2.84. The van der Waals surface area contributed by atoms with Crippen LogP contribution in [0.2, 0.25) is 0 Å². The van der Waals surface area contributed by atoms with Crippen molar-refractivity contribution in [1.82, 2.24) is 5.32 Å². The molecule has 4 rings (SSSR count). The van der Waals surface area contributed by atoms with Crippen LogP contribution in [0.4, 0.5) is 0 Å². The van der Waals surface area contributed by atoms with Crippen molar-refractivity contribution in [3.63, 3.8) is 0 Å². The lowest BCUT2D eigenvalue weighted by Gasteiger charge is -2.58. The van der Waals surface area contributed by atoms with Gasteiger partial charge in [-0.05, 0) is 87.0 Å². The van der Waals surface area contributed by atoms with Gasteiger partial charge in [-0.15, -0.1) is 0 Å². The van der Waals surface area contributed by atoms with E-state index in [4.69, 9.17) is 0 Å². The Morgan fingerprint density at radius 2 is 1.91 bits per heavy atom. The van der Waals surface area contributed by atoms with E-state index in [1.807, 2.05) is 0 Å². The van der Waals surface area contributed by atoms with E-state index in [9.17, 15) is 5.11 Å². The van der Waals surface area contributed by atoms with Crippen molar-refractivity contribution < 1.29 is 5.11 Å². The van der Waals surface area contributed by atoms with Gasteiger partial charge in [0.15, 0.2) is 0 Å². The van der Waals surface area contributed by atoms with Crippen molar-refractivity contribution in [1.29, 1.82) is 0 Å². The Morgan fingerprint density at radius 1 is 1.09 bits per heavy atom. The second kappa shape index (κ2) is 5.08. The van der Waals surface area contributed by atoms with Gasteiger partial charge in [-0.3, -0.25) is 0 Å². The molecule has 4 aliphatic rings. The fourth-order valence-corrected chi connectivity index (χ4v) is 7.12. The quantitative estimate of drug-likeness (QED) is 0.720. The van der Waals surface area contributed by atoms with Crippen molar-refractivity contribution in [2.75, 3.05) is 7.05 Å². The highest BCUT2D eigenvalue weighted by Gasteiger charge is 2.58. The number of hydrogen-bond donors (Lipinski definition) is 2. The predicted molar refractivity (Wildman–Crippen MR) is 90.6 cm³/mol. The van der Waals surface area contributed by atoms with E-state index in [0.717, 1.165) is 36.6 Å². The van der Waals surface area contributed by atoms with Crippen LogP contribution in [0, 0.1) is 28.6 Å². The lowest BCUT2D eigenvalue weighted by atomic mass is 9.48. The first-order valence-electron chi connectivity index (χ1n) is 9.54. The average molecular weight is 303 g/mol. The summed E-state index contributed by atoms with van der Waals surface area (Å²) < 4.78 is 0. The summed E-state index contributed by atoms with van der Waals surface area (Å²) in [6.45, 7) is 5.09. The third kappa shape index (κ3) is 1.92. The molecule has 0 aromatic heterocycles. The van der Waals surface area contributed by atoms with Gasteiger partial charge < -0.3 is 10.4 Å². The zero-order chi connectivity index (χ0) is 15.5. The number of hydrogen-bond acceptors (Lipinski definition) is 2. The fourth-order valence-electron chi connectivity index (χ4n) is 7.12. The van der Waals surface area contributed by atoms with Gasteiger partial charge in [-0.2, -0.15) is 0 Å². The molecule has 0 aromatic rings. The molecule has 0 unspecified atom stereocenters. The van der Waals surface area contributed by atoms with Crippen LogP contribution in [-0.4, -0.2) is 24.3 Å². The second-order valence-corrected chi connectivity index (χ2v) is 9.12. The first-order valence-corrected chi connectivity index (χ1v) is 9.54. The van der Waals surface area contributed by atoms with E-state index in [0.29, 0.717) is 10.8 Å². The van der Waals surface area contributed by atoms with Gasteiger partial charge in [-0.25, -0.2) is 0 Å². The second-order valence-electron chi connectivity index (χ2n) is 9.12. The molecule has 0 bridgehead atoms. The molecule has 0 aromatic carbocycles. The Morgan fingerprint density at radius 3 is 2.68 bits per heavy atom. The Hall–Kier alpha value is -0.340. The molecule has 22 heavy (non-hydrogen) atoms. The molecule has 0 amide bonds. The standard InChI is InChI=1S/C20H33NO/c1-19-10-8-14(22)12-13(19)4-5-15-16-6-7-18(21-3)20(16,2)11-9-17(15)19/h4,14-18,21-22H,5-12H2,1-3H3/t14-,15-,16-,17-,18-,19-,20-/m0/s1. The Balaban J connectivity index is 1.66. The Labute approximate surface area is 135 Å². The van der Waals surface area contributed by atoms with Crippen molar-refractivity contribution in [3.05, 3.63) is 11.6 Å². The van der Waals surface area contributed by atoms with Gasteiger partial charge in [0.25, 0.3) is 0 Å². The number of allylic oxidation sites excluding steroid dienone is 1. The Kier molecular flexibility index (Phi) is 3.51. The summed E-state index contributed by atoms with van der Waals surface area (Å²) in [6, 6.07) is 0.727. The normalized spacial score (nSPS) is 54.2. The molecule has 7 atom stereocenters. The number of aliphatic hydroxyl groups is 1. The zero-order valence-corrected chi connectivity index (χ0v) is 14.6. The monoisotopic (exact) mass is 303 g/mol. The third-order valence-electron chi connectivity index (χ3n) is 8.43. The molecule has 2 nitrogen and oxygen atoms in total. The molecule has 0 aliphatic heterocycles. The number of aliphatic hydroxyl groups excluding tert-OH is 1. The molecule has 124 valence electrons. The molecule has 2 heteroatoms. The summed E-state index contributed by atoms with van der Waals surface area (Å²) in [5, 5.41) is 13.7. The molecule has 0 heterocycles. The van der Waals surface area contributed by atoms with Crippen molar-refractivity contribution >= 4 is 0 Å². The Bertz CT molecular complexity index is 486. The van der Waals surface area contributed by atoms with Gasteiger partial charge in [0.1, 0.15) is 0 Å². The molecular weight excluding hydrogens is 270 g/mol. The van der Waals surface area contributed by atoms with Gasteiger partial charge in [0, 0.05) is 6.04 Å². The summed E-state index contributed by atoms with van der Waals surface area (Å²) in [5.74, 6) is 2.67.